The van der Waals surface area contributed by atoms with Gasteiger partial charge in [-0.15, -0.1) is 0 Å². The number of hydrogen-bond donors (Lipinski definition) is 1. The summed E-state index contributed by atoms with van der Waals surface area (Å²) in [5.41, 5.74) is 3.30. The predicted molar refractivity (Wildman–Crippen MR) is 91.1 cm³/mol. The van der Waals surface area contributed by atoms with Gasteiger partial charge < -0.3 is 4.74 Å². The molecule has 4 nitrogen and oxygen atoms in total. The van der Waals surface area contributed by atoms with Crippen molar-refractivity contribution in [3.05, 3.63) is 35.9 Å². The fourth-order valence-corrected chi connectivity index (χ4v) is 2.13. The van der Waals surface area contributed by atoms with Gasteiger partial charge in [0.1, 0.15) is 0 Å². The molecule has 1 aromatic carbocycles. The highest BCUT2D eigenvalue weighted by atomic mass is 16.5. The molecule has 22 heavy (non-hydrogen) atoms. The lowest BCUT2D eigenvalue weighted by atomic mass is 10.1. The van der Waals surface area contributed by atoms with E-state index in [0.717, 1.165) is 18.4 Å². The number of carbonyl (C=O) groups excluding carboxylic acids is 1. The normalized spacial score (nSPS) is 10.8. The van der Waals surface area contributed by atoms with Gasteiger partial charge in [0.05, 0.1) is 12.8 Å². The SMILES string of the molecule is CCCCCCCCCCOC(=O)NN=Cc1ccccc1. The summed E-state index contributed by atoms with van der Waals surface area (Å²) < 4.78 is 5.06. The maximum Gasteiger partial charge on any atom is 0.427 e. The van der Waals surface area contributed by atoms with Gasteiger partial charge in [-0.2, -0.15) is 5.10 Å². The third-order valence-electron chi connectivity index (χ3n) is 3.40. The van der Waals surface area contributed by atoms with E-state index in [1.54, 1.807) is 6.21 Å². The molecule has 1 N–H and O–H groups in total. The van der Waals surface area contributed by atoms with E-state index in [4.69, 9.17) is 4.74 Å². The molecule has 1 amide bonds. The van der Waals surface area contributed by atoms with E-state index in [2.05, 4.69) is 17.5 Å². The average molecular weight is 304 g/mol. The van der Waals surface area contributed by atoms with E-state index in [-0.39, 0.29) is 0 Å². The summed E-state index contributed by atoms with van der Waals surface area (Å²) in [5.74, 6) is 0. The molecule has 0 aliphatic carbocycles. The molecule has 122 valence electrons. The zero-order chi connectivity index (χ0) is 15.9. The van der Waals surface area contributed by atoms with E-state index in [1.165, 1.54) is 38.5 Å². The van der Waals surface area contributed by atoms with Gasteiger partial charge in [0.15, 0.2) is 0 Å². The summed E-state index contributed by atoms with van der Waals surface area (Å²) in [4.78, 5) is 11.4. The maximum atomic E-state index is 11.4. The fraction of sp³-hybridized carbons (Fsp3) is 0.556. The van der Waals surface area contributed by atoms with Crippen LogP contribution in [0.5, 0.6) is 0 Å². The minimum atomic E-state index is -0.491. The molecular weight excluding hydrogens is 276 g/mol. The Morgan fingerprint density at radius 3 is 2.36 bits per heavy atom. The summed E-state index contributed by atoms with van der Waals surface area (Å²) in [6, 6.07) is 9.60. The van der Waals surface area contributed by atoms with E-state index in [9.17, 15) is 4.79 Å². The molecule has 0 saturated carbocycles. The Morgan fingerprint density at radius 1 is 1.05 bits per heavy atom. The molecule has 0 bridgehead atoms. The number of benzene rings is 1. The summed E-state index contributed by atoms with van der Waals surface area (Å²) in [7, 11) is 0. The van der Waals surface area contributed by atoms with Gasteiger partial charge in [-0.25, -0.2) is 10.2 Å². The fourth-order valence-electron chi connectivity index (χ4n) is 2.13. The Kier molecular flexibility index (Phi) is 10.7. The van der Waals surface area contributed by atoms with Crippen LogP contribution in [0.2, 0.25) is 0 Å². The van der Waals surface area contributed by atoms with Crippen LogP contribution in [0.3, 0.4) is 0 Å². The second-order valence-electron chi connectivity index (χ2n) is 5.39. The second-order valence-corrected chi connectivity index (χ2v) is 5.39. The number of ether oxygens (including phenoxy) is 1. The Balaban J connectivity index is 1.94. The summed E-state index contributed by atoms with van der Waals surface area (Å²) in [5, 5.41) is 3.85. The van der Waals surface area contributed by atoms with Crippen molar-refractivity contribution >= 4 is 12.3 Å². The lowest BCUT2D eigenvalue weighted by Gasteiger charge is -2.04. The van der Waals surface area contributed by atoms with Crippen molar-refractivity contribution in [2.24, 2.45) is 5.10 Å². The standard InChI is InChI=1S/C18H28N2O2/c1-2-3-4-5-6-7-8-12-15-22-18(21)20-19-16-17-13-10-9-11-14-17/h9-11,13-14,16H,2-8,12,15H2,1H3,(H,20,21). The van der Waals surface area contributed by atoms with Gasteiger partial charge in [-0.05, 0) is 12.0 Å². The van der Waals surface area contributed by atoms with E-state index >= 15 is 0 Å². The molecule has 0 aliphatic rings. The molecule has 0 aliphatic heterocycles. The molecule has 0 unspecified atom stereocenters. The Morgan fingerprint density at radius 2 is 1.68 bits per heavy atom. The van der Waals surface area contributed by atoms with Crippen LogP contribution < -0.4 is 5.43 Å². The molecule has 0 aromatic heterocycles. The van der Waals surface area contributed by atoms with E-state index in [0.29, 0.717) is 6.61 Å². The number of nitrogens with zero attached hydrogens (tertiary/aromatic N) is 1. The number of hydrazone groups is 1. The number of carbonyl (C=O) groups is 1. The van der Waals surface area contributed by atoms with Gasteiger partial charge in [0, 0.05) is 0 Å². The lowest BCUT2D eigenvalue weighted by Crippen LogP contribution is -2.19. The molecular formula is C18H28N2O2. The van der Waals surface area contributed by atoms with Crippen LogP contribution >= 0.6 is 0 Å². The molecule has 4 heteroatoms. The zero-order valence-corrected chi connectivity index (χ0v) is 13.6. The third kappa shape index (κ3) is 9.97. The molecule has 0 heterocycles. The first-order chi connectivity index (χ1) is 10.8. The largest absolute Gasteiger partial charge is 0.448 e. The summed E-state index contributed by atoms with van der Waals surface area (Å²) >= 11 is 0. The Bertz CT molecular complexity index is 418. The molecule has 0 atom stereocenters. The molecule has 0 fully saturated rings. The number of unbranched alkanes of at least 4 members (excludes halogenated alkanes) is 7. The van der Waals surface area contributed by atoms with Crippen LogP contribution in [-0.4, -0.2) is 18.9 Å². The van der Waals surface area contributed by atoms with Crippen LogP contribution in [0.4, 0.5) is 4.79 Å². The van der Waals surface area contributed by atoms with Crippen molar-refractivity contribution < 1.29 is 9.53 Å². The monoisotopic (exact) mass is 304 g/mol. The van der Waals surface area contributed by atoms with Crippen molar-refractivity contribution in [1.29, 1.82) is 0 Å². The maximum absolute atomic E-state index is 11.4. The number of nitrogens with one attached hydrogen (secondary N) is 1. The first-order valence-corrected chi connectivity index (χ1v) is 8.34. The highest BCUT2D eigenvalue weighted by Crippen LogP contribution is 2.08. The predicted octanol–water partition coefficient (Wildman–Crippen LogP) is 4.89. The summed E-state index contributed by atoms with van der Waals surface area (Å²) in [6.07, 6.45) is 10.9. The summed E-state index contributed by atoms with van der Waals surface area (Å²) in [6.45, 7) is 2.69. The first kappa shape index (κ1) is 18.2. The Hall–Kier alpha value is -1.84. The van der Waals surface area contributed by atoms with Gasteiger partial charge in [0.25, 0.3) is 0 Å². The second kappa shape index (κ2) is 12.9. The van der Waals surface area contributed by atoms with Gasteiger partial charge >= 0.3 is 6.09 Å². The van der Waals surface area contributed by atoms with Crippen molar-refractivity contribution in [3.63, 3.8) is 0 Å². The zero-order valence-electron chi connectivity index (χ0n) is 13.6. The Labute approximate surface area is 134 Å². The van der Waals surface area contributed by atoms with Crippen molar-refractivity contribution in [1.82, 2.24) is 5.43 Å². The third-order valence-corrected chi connectivity index (χ3v) is 3.40. The molecule has 0 spiro atoms. The number of amides is 1. The first-order valence-electron chi connectivity index (χ1n) is 8.34. The number of rotatable bonds is 11. The van der Waals surface area contributed by atoms with E-state index < -0.39 is 6.09 Å². The van der Waals surface area contributed by atoms with Crippen LogP contribution in [-0.2, 0) is 4.74 Å². The molecule has 0 radical (unpaired) electrons. The van der Waals surface area contributed by atoms with Crippen molar-refractivity contribution in [3.8, 4) is 0 Å². The highest BCUT2D eigenvalue weighted by molar-refractivity contribution is 5.80. The van der Waals surface area contributed by atoms with E-state index in [1.807, 2.05) is 30.3 Å². The number of hydrogen-bond acceptors (Lipinski definition) is 3. The van der Waals surface area contributed by atoms with Crippen LogP contribution in [0.1, 0.15) is 63.9 Å². The van der Waals surface area contributed by atoms with Gasteiger partial charge in [-0.3, -0.25) is 0 Å². The lowest BCUT2D eigenvalue weighted by molar-refractivity contribution is 0.144. The van der Waals surface area contributed by atoms with Crippen LogP contribution in [0.25, 0.3) is 0 Å². The quantitative estimate of drug-likeness (QED) is 0.359. The van der Waals surface area contributed by atoms with Crippen LogP contribution in [0.15, 0.2) is 35.4 Å². The minimum Gasteiger partial charge on any atom is -0.448 e. The molecule has 1 aromatic rings. The van der Waals surface area contributed by atoms with Gasteiger partial charge in [-0.1, -0.05) is 82.2 Å². The average Bonchev–Trinajstić information content (AvgIpc) is 2.54. The minimum absolute atomic E-state index is 0.460. The topological polar surface area (TPSA) is 50.7 Å². The van der Waals surface area contributed by atoms with Crippen LogP contribution in [0, 0.1) is 0 Å². The molecule has 1 rings (SSSR count). The highest BCUT2D eigenvalue weighted by Gasteiger charge is 1.99. The molecule has 0 saturated heterocycles. The van der Waals surface area contributed by atoms with Gasteiger partial charge in [0.2, 0.25) is 0 Å². The smallest absolute Gasteiger partial charge is 0.427 e. The van der Waals surface area contributed by atoms with Crippen molar-refractivity contribution in [2.45, 2.75) is 58.3 Å². The van der Waals surface area contributed by atoms with Crippen molar-refractivity contribution in [2.75, 3.05) is 6.61 Å².